The number of aromatic amines is 1. The van der Waals surface area contributed by atoms with Crippen LogP contribution in [0.2, 0.25) is 0 Å². The molecular formula is C21H30N4O6S. The first-order valence-electron chi connectivity index (χ1n) is 9.99. The molecule has 0 saturated carbocycles. The molecule has 0 fully saturated rings. The Bertz CT molecular complexity index is 1040. The number of H-pyrrole nitrogens is 1. The Kier molecular flexibility index (Phi) is 8.81. The number of methoxy groups -OCH3 is 2. The van der Waals surface area contributed by atoms with Gasteiger partial charge in [0.15, 0.2) is 4.77 Å². The van der Waals surface area contributed by atoms with Crippen LogP contribution in [0.3, 0.4) is 0 Å². The number of hydrogen-bond acceptors (Lipinski definition) is 8. The zero-order chi connectivity index (χ0) is 23.9. The number of aliphatic hydroxyl groups is 1. The minimum Gasteiger partial charge on any atom is -0.497 e. The smallest absolute Gasteiger partial charge is 0.407 e. The van der Waals surface area contributed by atoms with Crippen LogP contribution in [-0.4, -0.2) is 59.9 Å². The van der Waals surface area contributed by atoms with Gasteiger partial charge in [-0.3, -0.25) is 15.1 Å². The molecule has 0 spiro atoms. The summed E-state index contributed by atoms with van der Waals surface area (Å²) >= 11 is 5.32. The van der Waals surface area contributed by atoms with Gasteiger partial charge in [0.2, 0.25) is 0 Å². The van der Waals surface area contributed by atoms with Gasteiger partial charge >= 0.3 is 6.09 Å². The van der Waals surface area contributed by atoms with Crippen molar-refractivity contribution in [2.75, 3.05) is 27.3 Å². The summed E-state index contributed by atoms with van der Waals surface area (Å²) in [4.78, 5) is 26.3. The highest BCUT2D eigenvalue weighted by atomic mass is 32.1. The summed E-state index contributed by atoms with van der Waals surface area (Å²) in [5.74, 6) is 1.09. The van der Waals surface area contributed by atoms with E-state index in [4.69, 9.17) is 26.4 Å². The van der Waals surface area contributed by atoms with Crippen LogP contribution in [0.25, 0.3) is 11.3 Å². The summed E-state index contributed by atoms with van der Waals surface area (Å²) in [7, 11) is 3.06. The number of carbonyl (C=O) groups is 1. The lowest BCUT2D eigenvalue weighted by Crippen LogP contribution is -2.41. The summed E-state index contributed by atoms with van der Waals surface area (Å²) < 4.78 is 17.6. The number of aromatic nitrogens is 2. The molecule has 10 nitrogen and oxygen atoms in total. The van der Waals surface area contributed by atoms with Crippen molar-refractivity contribution in [1.29, 1.82) is 0 Å². The maximum Gasteiger partial charge on any atom is 0.407 e. The van der Waals surface area contributed by atoms with Crippen LogP contribution in [0.1, 0.15) is 20.8 Å². The van der Waals surface area contributed by atoms with Gasteiger partial charge in [0.05, 0.1) is 26.5 Å². The third-order valence-corrected chi connectivity index (χ3v) is 4.57. The molecule has 176 valence electrons. The molecule has 4 N–H and O–H groups in total. The highest BCUT2D eigenvalue weighted by Crippen LogP contribution is 2.32. The van der Waals surface area contributed by atoms with E-state index in [9.17, 15) is 14.7 Å². The molecule has 0 saturated heterocycles. The zero-order valence-corrected chi connectivity index (χ0v) is 19.7. The second kappa shape index (κ2) is 11.1. The van der Waals surface area contributed by atoms with Gasteiger partial charge in [-0.05, 0) is 45.1 Å². The average Bonchev–Trinajstić information content (AvgIpc) is 2.71. The number of ether oxygens (including phenoxy) is 3. The highest BCUT2D eigenvalue weighted by Gasteiger charge is 2.17. The standard InChI is InChI=1S/C21H30N4O6S/c1-21(2,3)31-20(28)23-9-8-22-18(27)12-25-15(11-17(26)24-19(25)32)14-7-6-13(29-4)10-16(14)30-5/h6-7,10-11,18,22,27H,8-9,12H2,1-5H3,(H,23,28)(H,24,26,32). The summed E-state index contributed by atoms with van der Waals surface area (Å²) in [6, 6.07) is 6.57. The molecule has 1 aromatic heterocycles. The molecule has 1 amide bonds. The number of hydrogen-bond donors (Lipinski definition) is 4. The number of carbonyl (C=O) groups excluding carboxylic acids is 1. The van der Waals surface area contributed by atoms with Crippen molar-refractivity contribution in [3.8, 4) is 22.8 Å². The minimum absolute atomic E-state index is 0.0482. The Morgan fingerprint density at radius 1 is 1.22 bits per heavy atom. The van der Waals surface area contributed by atoms with Gasteiger partial charge in [0, 0.05) is 30.8 Å². The first-order chi connectivity index (χ1) is 15.0. The highest BCUT2D eigenvalue weighted by molar-refractivity contribution is 7.71. The normalized spacial score (nSPS) is 12.2. The Morgan fingerprint density at radius 3 is 2.56 bits per heavy atom. The van der Waals surface area contributed by atoms with Crippen molar-refractivity contribution >= 4 is 18.3 Å². The zero-order valence-electron chi connectivity index (χ0n) is 18.9. The SMILES string of the molecule is COc1ccc(-c2cc(=O)[nH]c(=S)n2CC(O)NCCNC(=O)OC(C)(C)C)c(OC)c1. The lowest BCUT2D eigenvalue weighted by Gasteiger charge is -2.21. The monoisotopic (exact) mass is 466 g/mol. The van der Waals surface area contributed by atoms with Crippen molar-refractivity contribution in [1.82, 2.24) is 20.2 Å². The van der Waals surface area contributed by atoms with E-state index in [-0.39, 0.29) is 30.0 Å². The lowest BCUT2D eigenvalue weighted by molar-refractivity contribution is 0.0522. The van der Waals surface area contributed by atoms with Crippen LogP contribution in [-0.2, 0) is 11.3 Å². The summed E-state index contributed by atoms with van der Waals surface area (Å²) in [5.41, 5.74) is 0.134. The Balaban J connectivity index is 2.13. The van der Waals surface area contributed by atoms with Gasteiger partial charge in [-0.1, -0.05) is 0 Å². The Morgan fingerprint density at radius 2 is 1.94 bits per heavy atom. The molecule has 0 aliphatic heterocycles. The third-order valence-electron chi connectivity index (χ3n) is 4.25. The van der Waals surface area contributed by atoms with Crippen LogP contribution in [0.15, 0.2) is 29.1 Å². The molecule has 2 aromatic rings. The predicted octanol–water partition coefficient (Wildman–Crippen LogP) is 2.02. The number of nitrogens with one attached hydrogen (secondary N) is 3. The van der Waals surface area contributed by atoms with Crippen LogP contribution in [0.4, 0.5) is 4.79 Å². The molecule has 0 bridgehead atoms. The quantitative estimate of drug-likeness (QED) is 0.251. The van der Waals surface area contributed by atoms with Crippen LogP contribution >= 0.6 is 12.2 Å². The molecule has 2 rings (SSSR count). The van der Waals surface area contributed by atoms with E-state index < -0.39 is 17.9 Å². The van der Waals surface area contributed by atoms with Crippen LogP contribution < -0.4 is 25.7 Å². The van der Waals surface area contributed by atoms with Crippen molar-refractivity contribution in [2.45, 2.75) is 39.1 Å². The van der Waals surface area contributed by atoms with E-state index in [2.05, 4.69) is 15.6 Å². The van der Waals surface area contributed by atoms with E-state index in [1.54, 1.807) is 50.6 Å². The third kappa shape index (κ3) is 7.36. The number of benzene rings is 1. The maximum absolute atomic E-state index is 12.1. The number of aliphatic hydroxyl groups excluding tert-OH is 1. The first kappa shape index (κ1) is 25.4. The second-order valence-corrected chi connectivity index (χ2v) is 8.29. The van der Waals surface area contributed by atoms with Crippen molar-refractivity contribution < 1.29 is 24.1 Å². The van der Waals surface area contributed by atoms with Gasteiger partial charge in [-0.15, -0.1) is 0 Å². The van der Waals surface area contributed by atoms with Crippen LogP contribution in [0.5, 0.6) is 11.5 Å². The fraction of sp³-hybridized carbons (Fsp3) is 0.476. The average molecular weight is 467 g/mol. The Labute approximate surface area is 191 Å². The molecule has 0 aliphatic carbocycles. The van der Waals surface area contributed by atoms with E-state index >= 15 is 0 Å². The first-order valence-corrected chi connectivity index (χ1v) is 10.4. The summed E-state index contributed by atoms with van der Waals surface area (Å²) in [6.45, 7) is 5.92. The maximum atomic E-state index is 12.1. The number of amides is 1. The number of rotatable bonds is 9. The molecule has 32 heavy (non-hydrogen) atoms. The summed E-state index contributed by atoms with van der Waals surface area (Å²) in [5, 5.41) is 16.0. The van der Waals surface area contributed by atoms with E-state index in [1.165, 1.54) is 13.2 Å². The van der Waals surface area contributed by atoms with E-state index in [1.807, 2.05) is 0 Å². The van der Waals surface area contributed by atoms with Crippen LogP contribution in [0, 0.1) is 4.77 Å². The van der Waals surface area contributed by atoms with Gasteiger partial charge in [0.1, 0.15) is 23.3 Å². The van der Waals surface area contributed by atoms with Crippen molar-refractivity contribution in [2.24, 2.45) is 0 Å². The van der Waals surface area contributed by atoms with Crippen molar-refractivity contribution in [3.63, 3.8) is 0 Å². The molecule has 1 unspecified atom stereocenters. The lowest BCUT2D eigenvalue weighted by atomic mass is 10.1. The number of alkyl carbamates (subject to hydrolysis) is 1. The molecule has 0 radical (unpaired) electrons. The van der Waals surface area contributed by atoms with Gasteiger partial charge in [-0.25, -0.2) is 4.79 Å². The molecule has 11 heteroatoms. The van der Waals surface area contributed by atoms with E-state index in [0.717, 1.165) is 0 Å². The minimum atomic E-state index is -1.00. The topological polar surface area (TPSA) is 127 Å². The van der Waals surface area contributed by atoms with Gasteiger partial charge in [0.25, 0.3) is 5.56 Å². The fourth-order valence-electron chi connectivity index (χ4n) is 2.89. The Hall–Kier alpha value is -2.89. The summed E-state index contributed by atoms with van der Waals surface area (Å²) in [6.07, 6.45) is -1.54. The van der Waals surface area contributed by atoms with Gasteiger partial charge in [-0.2, -0.15) is 0 Å². The van der Waals surface area contributed by atoms with Crippen molar-refractivity contribution in [3.05, 3.63) is 39.4 Å². The molecule has 0 aliphatic rings. The molecule has 1 atom stereocenters. The largest absolute Gasteiger partial charge is 0.497 e. The van der Waals surface area contributed by atoms with Gasteiger partial charge < -0.3 is 29.2 Å². The predicted molar refractivity (Wildman–Crippen MR) is 123 cm³/mol. The molecule has 1 heterocycles. The molecular weight excluding hydrogens is 436 g/mol. The fourth-order valence-corrected chi connectivity index (χ4v) is 3.16. The second-order valence-electron chi connectivity index (χ2n) is 7.90. The number of nitrogens with zero attached hydrogens (tertiary/aromatic N) is 1. The molecule has 1 aromatic carbocycles. The van der Waals surface area contributed by atoms with E-state index in [0.29, 0.717) is 22.8 Å².